The molecule has 2 atom stereocenters. The molecular weight excluding hydrogens is 502 g/mol. The number of esters is 2. The van der Waals surface area contributed by atoms with Crippen molar-refractivity contribution in [3.8, 4) is 0 Å². The molecule has 1 amide bonds. The lowest BCUT2D eigenvalue weighted by Gasteiger charge is -2.32. The van der Waals surface area contributed by atoms with Crippen LogP contribution in [-0.2, 0) is 30.3 Å². The number of hydrogen-bond donors (Lipinski definition) is 2. The first-order valence-corrected chi connectivity index (χ1v) is 12.4. The first-order valence-electron chi connectivity index (χ1n) is 12.4. The summed E-state index contributed by atoms with van der Waals surface area (Å²) in [6.45, 7) is 8.53. The van der Waals surface area contributed by atoms with E-state index in [-0.39, 0.29) is 23.3 Å². The van der Waals surface area contributed by atoms with Gasteiger partial charge in [0.25, 0.3) is 11.6 Å². The number of amides is 1. The van der Waals surface area contributed by atoms with E-state index >= 15 is 0 Å². The maximum Gasteiger partial charge on any atom is 0.336 e. The standard InChI is InChI=1S/C29H33N3O7/c1-17-23(26(33)31-22(27(34)39-29(3,4)5)15-19-11-8-7-9-12-19)25(24(18(2)30-17)28(35)38-6)20-13-10-14-21(16-20)32(36)37/h7-14,16,22,25,30H,15H2,1-6H3,(H,31,33)/t22?,25-/m0/s1. The highest BCUT2D eigenvalue weighted by Crippen LogP contribution is 2.39. The third-order valence-corrected chi connectivity index (χ3v) is 6.10. The first kappa shape index (κ1) is 29.1. The monoisotopic (exact) mass is 535 g/mol. The number of nitro groups is 1. The van der Waals surface area contributed by atoms with Crippen LogP contribution >= 0.6 is 0 Å². The number of non-ortho nitro benzene ring substituents is 1. The molecule has 2 aromatic rings. The predicted molar refractivity (Wildman–Crippen MR) is 144 cm³/mol. The Kier molecular flexibility index (Phi) is 8.90. The number of methoxy groups -OCH3 is 1. The van der Waals surface area contributed by atoms with Gasteiger partial charge in [-0.2, -0.15) is 0 Å². The third kappa shape index (κ3) is 7.10. The number of ether oxygens (including phenoxy) is 2. The molecule has 1 heterocycles. The van der Waals surface area contributed by atoms with Crippen LogP contribution in [0.4, 0.5) is 5.69 Å². The van der Waals surface area contributed by atoms with E-state index in [0.717, 1.165) is 5.56 Å². The highest BCUT2D eigenvalue weighted by atomic mass is 16.6. The van der Waals surface area contributed by atoms with Crippen LogP contribution in [-0.4, -0.2) is 41.5 Å². The molecule has 10 nitrogen and oxygen atoms in total. The Labute approximate surface area is 227 Å². The Morgan fingerprint density at radius 2 is 1.67 bits per heavy atom. The highest BCUT2D eigenvalue weighted by Gasteiger charge is 2.39. The van der Waals surface area contributed by atoms with Crippen molar-refractivity contribution in [3.63, 3.8) is 0 Å². The Balaban J connectivity index is 2.08. The van der Waals surface area contributed by atoms with E-state index < -0.39 is 40.3 Å². The molecule has 206 valence electrons. The molecular formula is C29H33N3O7. The second-order valence-corrected chi connectivity index (χ2v) is 10.2. The summed E-state index contributed by atoms with van der Waals surface area (Å²) in [4.78, 5) is 51.0. The molecule has 1 unspecified atom stereocenters. The number of rotatable bonds is 8. The smallest absolute Gasteiger partial charge is 0.336 e. The van der Waals surface area contributed by atoms with Gasteiger partial charge in [-0.05, 0) is 45.7 Å². The summed E-state index contributed by atoms with van der Waals surface area (Å²) < 4.78 is 10.6. The second-order valence-electron chi connectivity index (χ2n) is 10.2. The number of hydrogen-bond acceptors (Lipinski definition) is 8. The molecule has 2 aromatic carbocycles. The number of nitro benzene ring substituents is 1. The van der Waals surface area contributed by atoms with E-state index in [1.165, 1.54) is 25.3 Å². The Morgan fingerprint density at radius 3 is 2.26 bits per heavy atom. The lowest BCUT2D eigenvalue weighted by atomic mass is 9.79. The van der Waals surface area contributed by atoms with Crippen LogP contribution in [0.2, 0.25) is 0 Å². The van der Waals surface area contributed by atoms with Crippen molar-refractivity contribution in [3.05, 3.63) is 98.4 Å². The quantitative estimate of drug-likeness (QED) is 0.293. The lowest BCUT2D eigenvalue weighted by molar-refractivity contribution is -0.384. The summed E-state index contributed by atoms with van der Waals surface area (Å²) >= 11 is 0. The molecule has 0 saturated heterocycles. The van der Waals surface area contributed by atoms with Crippen LogP contribution in [0.3, 0.4) is 0 Å². The summed E-state index contributed by atoms with van der Waals surface area (Å²) in [5.74, 6) is -2.93. The fraction of sp³-hybridized carbons (Fsp3) is 0.345. The molecule has 0 spiro atoms. The van der Waals surface area contributed by atoms with Gasteiger partial charge >= 0.3 is 11.9 Å². The molecule has 0 radical (unpaired) electrons. The Hall–Kier alpha value is -4.47. The van der Waals surface area contributed by atoms with Crippen LogP contribution < -0.4 is 10.6 Å². The minimum absolute atomic E-state index is 0.128. The molecule has 1 aliphatic heterocycles. The number of dihydropyridines is 1. The molecule has 0 aromatic heterocycles. The molecule has 1 aliphatic rings. The van der Waals surface area contributed by atoms with Crippen LogP contribution in [0.5, 0.6) is 0 Å². The van der Waals surface area contributed by atoms with E-state index in [2.05, 4.69) is 10.6 Å². The molecule has 10 heteroatoms. The number of benzene rings is 2. The van der Waals surface area contributed by atoms with Crippen molar-refractivity contribution in [2.45, 2.75) is 58.6 Å². The van der Waals surface area contributed by atoms with E-state index in [0.29, 0.717) is 17.0 Å². The molecule has 0 saturated carbocycles. The van der Waals surface area contributed by atoms with E-state index in [9.17, 15) is 24.5 Å². The molecule has 0 bridgehead atoms. The van der Waals surface area contributed by atoms with Crippen LogP contribution in [0.15, 0.2) is 77.1 Å². The Morgan fingerprint density at radius 1 is 1.03 bits per heavy atom. The summed E-state index contributed by atoms with van der Waals surface area (Å²) in [6, 6.07) is 13.9. The number of nitrogens with one attached hydrogen (secondary N) is 2. The molecule has 39 heavy (non-hydrogen) atoms. The van der Waals surface area contributed by atoms with Crippen molar-refractivity contribution in [1.82, 2.24) is 10.6 Å². The minimum atomic E-state index is -1.04. The zero-order valence-electron chi connectivity index (χ0n) is 22.9. The van der Waals surface area contributed by atoms with Crippen LogP contribution in [0, 0.1) is 10.1 Å². The molecule has 2 N–H and O–H groups in total. The van der Waals surface area contributed by atoms with Gasteiger partial charge in [-0.3, -0.25) is 14.9 Å². The SMILES string of the molecule is COC(=O)C1=C(C)NC(C)=C(C(=O)NC(Cc2ccccc2)C(=O)OC(C)(C)C)[C@@H]1c1cccc([N+](=O)[O-])c1. The van der Waals surface area contributed by atoms with Crippen molar-refractivity contribution < 1.29 is 28.8 Å². The largest absolute Gasteiger partial charge is 0.466 e. The van der Waals surface area contributed by atoms with E-state index in [4.69, 9.17) is 9.47 Å². The summed E-state index contributed by atoms with van der Waals surface area (Å²) in [6.07, 6.45) is 0.168. The van der Waals surface area contributed by atoms with Gasteiger partial charge in [-0.1, -0.05) is 42.5 Å². The average molecular weight is 536 g/mol. The lowest BCUT2D eigenvalue weighted by Crippen LogP contribution is -2.47. The van der Waals surface area contributed by atoms with Gasteiger partial charge in [0, 0.05) is 35.5 Å². The third-order valence-electron chi connectivity index (χ3n) is 6.10. The molecule has 0 aliphatic carbocycles. The zero-order chi connectivity index (χ0) is 28.9. The van der Waals surface area contributed by atoms with Gasteiger partial charge in [-0.15, -0.1) is 0 Å². The fourth-order valence-electron chi connectivity index (χ4n) is 4.48. The highest BCUT2D eigenvalue weighted by molar-refractivity contribution is 6.03. The second kappa shape index (κ2) is 11.9. The zero-order valence-corrected chi connectivity index (χ0v) is 22.9. The Bertz CT molecular complexity index is 1340. The van der Waals surface area contributed by atoms with Crippen molar-refractivity contribution in [2.75, 3.05) is 7.11 Å². The number of nitrogens with zero attached hydrogens (tertiary/aromatic N) is 1. The van der Waals surface area contributed by atoms with Crippen LogP contribution in [0.25, 0.3) is 0 Å². The normalized spacial score (nSPS) is 16.2. The first-order chi connectivity index (χ1) is 18.3. The van der Waals surface area contributed by atoms with Gasteiger partial charge < -0.3 is 20.1 Å². The predicted octanol–water partition coefficient (Wildman–Crippen LogP) is 4.07. The van der Waals surface area contributed by atoms with Gasteiger partial charge in [0.1, 0.15) is 11.6 Å². The number of carbonyl (C=O) groups excluding carboxylic acids is 3. The van der Waals surface area contributed by atoms with Gasteiger partial charge in [0.2, 0.25) is 0 Å². The van der Waals surface area contributed by atoms with Crippen LogP contribution in [0.1, 0.15) is 51.7 Å². The summed E-state index contributed by atoms with van der Waals surface area (Å²) in [7, 11) is 1.22. The van der Waals surface area contributed by atoms with Crippen molar-refractivity contribution in [2.24, 2.45) is 0 Å². The fourth-order valence-corrected chi connectivity index (χ4v) is 4.48. The maximum absolute atomic E-state index is 13.9. The summed E-state index contributed by atoms with van der Waals surface area (Å²) in [5.41, 5.74) is 1.31. The summed E-state index contributed by atoms with van der Waals surface area (Å²) in [5, 5.41) is 17.4. The van der Waals surface area contributed by atoms with Gasteiger partial charge in [-0.25, -0.2) is 9.59 Å². The number of carbonyl (C=O) groups is 3. The maximum atomic E-state index is 13.9. The average Bonchev–Trinajstić information content (AvgIpc) is 2.87. The van der Waals surface area contributed by atoms with E-state index in [1.54, 1.807) is 40.7 Å². The number of allylic oxidation sites excluding steroid dienone is 2. The minimum Gasteiger partial charge on any atom is -0.466 e. The van der Waals surface area contributed by atoms with Gasteiger partial charge in [0.15, 0.2) is 0 Å². The van der Waals surface area contributed by atoms with Gasteiger partial charge in [0.05, 0.1) is 23.5 Å². The molecule has 0 fully saturated rings. The van der Waals surface area contributed by atoms with Crippen molar-refractivity contribution in [1.29, 1.82) is 0 Å². The molecule has 3 rings (SSSR count). The topological polar surface area (TPSA) is 137 Å². The van der Waals surface area contributed by atoms with E-state index in [1.807, 2.05) is 30.3 Å². The van der Waals surface area contributed by atoms with Crippen molar-refractivity contribution >= 4 is 23.5 Å².